The number of hydrogen-bond acceptors (Lipinski definition) is 2. The summed E-state index contributed by atoms with van der Waals surface area (Å²) in [5.74, 6) is 1.54. The molecule has 2 heteroatoms. The van der Waals surface area contributed by atoms with Crippen molar-refractivity contribution in [2.75, 3.05) is 26.8 Å². The summed E-state index contributed by atoms with van der Waals surface area (Å²) in [7, 11) is 1.78. The van der Waals surface area contributed by atoms with Crippen LogP contribution >= 0.6 is 0 Å². The van der Waals surface area contributed by atoms with Gasteiger partial charge in [-0.05, 0) is 36.6 Å². The number of ether oxygens (including phenoxy) is 1. The first kappa shape index (κ1) is 15.7. The van der Waals surface area contributed by atoms with Crippen molar-refractivity contribution in [1.82, 2.24) is 5.32 Å². The van der Waals surface area contributed by atoms with E-state index in [2.05, 4.69) is 39.1 Å². The van der Waals surface area contributed by atoms with Crippen LogP contribution in [-0.2, 0) is 4.74 Å². The van der Waals surface area contributed by atoms with E-state index in [1.807, 2.05) is 0 Å². The molecule has 2 nitrogen and oxygen atoms in total. The molecule has 1 aliphatic heterocycles. The minimum atomic E-state index is 0.257. The fraction of sp³-hybridized carbons (Fsp3) is 0.875. The van der Waals surface area contributed by atoms with Gasteiger partial charge < -0.3 is 10.1 Å². The van der Waals surface area contributed by atoms with Gasteiger partial charge in [0.15, 0.2) is 0 Å². The number of hydrogen-bond donors (Lipinski definition) is 1. The molecule has 1 saturated heterocycles. The molecule has 2 atom stereocenters. The largest absolute Gasteiger partial charge is 0.381 e. The van der Waals surface area contributed by atoms with E-state index in [4.69, 9.17) is 4.74 Å². The molecule has 106 valence electrons. The van der Waals surface area contributed by atoms with Gasteiger partial charge in [0.1, 0.15) is 0 Å². The van der Waals surface area contributed by atoms with E-state index < -0.39 is 0 Å². The van der Waals surface area contributed by atoms with E-state index in [9.17, 15) is 0 Å². The van der Waals surface area contributed by atoms with Crippen LogP contribution in [0, 0.1) is 17.3 Å². The van der Waals surface area contributed by atoms with Crippen LogP contribution < -0.4 is 5.32 Å². The van der Waals surface area contributed by atoms with Crippen molar-refractivity contribution in [3.8, 4) is 0 Å². The van der Waals surface area contributed by atoms with Gasteiger partial charge in [0.25, 0.3) is 0 Å². The maximum Gasteiger partial charge on any atom is 0.0646 e. The van der Waals surface area contributed by atoms with Crippen LogP contribution in [0.5, 0.6) is 0 Å². The van der Waals surface area contributed by atoms with Crippen LogP contribution in [0.15, 0.2) is 11.6 Å². The smallest absolute Gasteiger partial charge is 0.0646 e. The Morgan fingerprint density at radius 1 is 1.50 bits per heavy atom. The van der Waals surface area contributed by atoms with Gasteiger partial charge in [-0.1, -0.05) is 45.8 Å². The number of rotatable bonds is 5. The first-order valence-electron chi connectivity index (χ1n) is 7.41. The lowest BCUT2D eigenvalue weighted by Gasteiger charge is -2.32. The van der Waals surface area contributed by atoms with Crippen LogP contribution in [-0.4, -0.2) is 26.8 Å². The average molecular weight is 253 g/mol. The van der Waals surface area contributed by atoms with Crippen molar-refractivity contribution >= 4 is 0 Å². The van der Waals surface area contributed by atoms with Crippen molar-refractivity contribution in [2.45, 2.75) is 47.0 Å². The van der Waals surface area contributed by atoms with Gasteiger partial charge in [-0.3, -0.25) is 0 Å². The second-order valence-electron chi connectivity index (χ2n) is 6.41. The van der Waals surface area contributed by atoms with Crippen LogP contribution in [0.3, 0.4) is 0 Å². The fourth-order valence-electron chi connectivity index (χ4n) is 3.00. The molecule has 0 bridgehead atoms. The zero-order valence-electron chi connectivity index (χ0n) is 12.9. The molecule has 1 aliphatic rings. The third-order valence-corrected chi connectivity index (χ3v) is 4.31. The molecule has 0 radical (unpaired) electrons. The molecule has 1 heterocycles. The van der Waals surface area contributed by atoms with Crippen molar-refractivity contribution in [3.63, 3.8) is 0 Å². The number of nitrogens with one attached hydrogen (secondary N) is 1. The Labute approximate surface area is 113 Å². The zero-order valence-corrected chi connectivity index (χ0v) is 12.9. The van der Waals surface area contributed by atoms with Gasteiger partial charge in [0.2, 0.25) is 0 Å². The topological polar surface area (TPSA) is 21.3 Å². The molecule has 2 unspecified atom stereocenters. The van der Waals surface area contributed by atoms with Crippen LogP contribution in [0.1, 0.15) is 47.0 Å². The minimum absolute atomic E-state index is 0.257. The lowest BCUT2D eigenvalue weighted by atomic mass is 9.74. The Morgan fingerprint density at radius 2 is 2.22 bits per heavy atom. The van der Waals surface area contributed by atoms with Crippen molar-refractivity contribution < 1.29 is 4.74 Å². The second-order valence-corrected chi connectivity index (χ2v) is 6.41. The van der Waals surface area contributed by atoms with Crippen molar-refractivity contribution in [2.24, 2.45) is 17.3 Å². The molecule has 0 saturated carbocycles. The summed E-state index contributed by atoms with van der Waals surface area (Å²) in [5.41, 5.74) is 1.86. The molecule has 18 heavy (non-hydrogen) atoms. The standard InChI is InChI=1S/C16H31NO/c1-6-13(2)11-14-7-9-17-12-16(3,4)15(14)8-10-18-5/h8,13-14,17H,6-7,9-12H2,1-5H3/b15-8+. The highest BCUT2D eigenvalue weighted by Gasteiger charge is 2.31. The maximum absolute atomic E-state index is 5.26. The Balaban J connectivity index is 2.87. The predicted molar refractivity (Wildman–Crippen MR) is 78.8 cm³/mol. The minimum Gasteiger partial charge on any atom is -0.381 e. The van der Waals surface area contributed by atoms with Gasteiger partial charge in [-0.25, -0.2) is 0 Å². The first-order valence-corrected chi connectivity index (χ1v) is 7.41. The monoisotopic (exact) mass is 253 g/mol. The van der Waals surface area contributed by atoms with E-state index in [-0.39, 0.29) is 5.41 Å². The normalized spacial score (nSPS) is 28.1. The Morgan fingerprint density at radius 3 is 2.83 bits per heavy atom. The van der Waals surface area contributed by atoms with E-state index >= 15 is 0 Å². The van der Waals surface area contributed by atoms with Crippen molar-refractivity contribution in [1.29, 1.82) is 0 Å². The molecule has 1 fully saturated rings. The molecule has 0 aromatic heterocycles. The SMILES string of the molecule is CCC(C)CC1CCNCC(C)(C)/C1=C/COC. The molecule has 0 spiro atoms. The zero-order chi connectivity index (χ0) is 13.6. The van der Waals surface area contributed by atoms with Gasteiger partial charge >= 0.3 is 0 Å². The Bertz CT molecular complexity index is 270. The molecular weight excluding hydrogens is 222 g/mol. The van der Waals surface area contributed by atoms with E-state index in [1.54, 1.807) is 12.7 Å². The van der Waals surface area contributed by atoms with Gasteiger partial charge in [-0.15, -0.1) is 0 Å². The summed E-state index contributed by atoms with van der Waals surface area (Å²) in [6.07, 6.45) is 6.20. The predicted octanol–water partition coefficient (Wildman–Crippen LogP) is 3.63. The Kier molecular flexibility index (Phi) is 6.37. The average Bonchev–Trinajstić information content (AvgIpc) is 2.46. The van der Waals surface area contributed by atoms with E-state index in [0.29, 0.717) is 0 Å². The summed E-state index contributed by atoms with van der Waals surface area (Å²) in [6.45, 7) is 12.4. The third kappa shape index (κ3) is 4.40. The second kappa shape index (κ2) is 7.30. The van der Waals surface area contributed by atoms with E-state index in [0.717, 1.165) is 31.5 Å². The molecule has 0 aliphatic carbocycles. The van der Waals surface area contributed by atoms with Crippen LogP contribution in [0.4, 0.5) is 0 Å². The maximum atomic E-state index is 5.26. The van der Waals surface area contributed by atoms with Gasteiger partial charge in [0, 0.05) is 13.7 Å². The van der Waals surface area contributed by atoms with Crippen molar-refractivity contribution in [3.05, 3.63) is 11.6 Å². The lowest BCUT2D eigenvalue weighted by molar-refractivity contribution is 0.229. The molecule has 0 aromatic carbocycles. The van der Waals surface area contributed by atoms with E-state index in [1.165, 1.54) is 19.3 Å². The lowest BCUT2D eigenvalue weighted by Crippen LogP contribution is -2.29. The summed E-state index contributed by atoms with van der Waals surface area (Å²) in [5, 5.41) is 3.58. The molecule has 0 aromatic rings. The Hall–Kier alpha value is -0.340. The molecule has 0 amide bonds. The summed E-state index contributed by atoms with van der Waals surface area (Å²) in [4.78, 5) is 0. The highest BCUT2D eigenvalue weighted by Crippen LogP contribution is 2.38. The fourth-order valence-corrected chi connectivity index (χ4v) is 3.00. The molecular formula is C16H31NO. The quantitative estimate of drug-likeness (QED) is 0.755. The third-order valence-electron chi connectivity index (χ3n) is 4.31. The summed E-state index contributed by atoms with van der Waals surface area (Å²) < 4.78 is 5.26. The highest BCUT2D eigenvalue weighted by atomic mass is 16.5. The van der Waals surface area contributed by atoms with Crippen LogP contribution in [0.25, 0.3) is 0 Å². The molecule has 1 N–H and O–H groups in total. The molecule has 1 rings (SSSR count). The van der Waals surface area contributed by atoms with Crippen LogP contribution in [0.2, 0.25) is 0 Å². The number of methoxy groups -OCH3 is 1. The first-order chi connectivity index (χ1) is 8.51. The van der Waals surface area contributed by atoms with Gasteiger partial charge in [0.05, 0.1) is 6.61 Å². The summed E-state index contributed by atoms with van der Waals surface area (Å²) in [6, 6.07) is 0. The summed E-state index contributed by atoms with van der Waals surface area (Å²) >= 11 is 0. The highest BCUT2D eigenvalue weighted by molar-refractivity contribution is 5.18. The van der Waals surface area contributed by atoms with Gasteiger partial charge in [-0.2, -0.15) is 0 Å².